The minimum absolute atomic E-state index is 0.130. The molecule has 0 radical (unpaired) electrons. The van der Waals surface area contributed by atoms with Gasteiger partial charge in [-0.2, -0.15) is 5.10 Å². The van der Waals surface area contributed by atoms with Crippen molar-refractivity contribution >= 4 is 39.5 Å². The van der Waals surface area contributed by atoms with Gasteiger partial charge in [-0.25, -0.2) is 5.43 Å². The van der Waals surface area contributed by atoms with E-state index in [-0.39, 0.29) is 18.4 Å². The summed E-state index contributed by atoms with van der Waals surface area (Å²) in [5.41, 5.74) is 4.80. The van der Waals surface area contributed by atoms with Crippen LogP contribution < -0.4 is 10.7 Å². The van der Waals surface area contributed by atoms with E-state index in [2.05, 4.69) is 15.8 Å². The molecule has 6 heteroatoms. The third kappa shape index (κ3) is 4.10. The average Bonchev–Trinajstić information content (AvgIpc) is 3.03. The Kier molecular flexibility index (Phi) is 5.20. The van der Waals surface area contributed by atoms with Crippen LogP contribution in [0.15, 0.2) is 59.0 Å². The van der Waals surface area contributed by atoms with E-state index in [0.29, 0.717) is 5.56 Å². The van der Waals surface area contributed by atoms with Crippen LogP contribution in [0.25, 0.3) is 10.1 Å². The lowest BCUT2D eigenvalue weighted by Crippen LogP contribution is -2.35. The number of hydrazone groups is 1. The molecule has 1 heterocycles. The molecule has 126 valence electrons. The maximum Gasteiger partial charge on any atom is 0.259 e. The van der Waals surface area contributed by atoms with E-state index in [0.717, 1.165) is 16.5 Å². The van der Waals surface area contributed by atoms with Crippen LogP contribution in [0.3, 0.4) is 0 Å². The summed E-state index contributed by atoms with van der Waals surface area (Å²) in [4.78, 5) is 23.9. The Hall–Kier alpha value is -2.99. The zero-order valence-electron chi connectivity index (χ0n) is 13.7. The molecule has 25 heavy (non-hydrogen) atoms. The van der Waals surface area contributed by atoms with Crippen LogP contribution >= 0.6 is 11.3 Å². The number of carbonyl (C=O) groups is 2. The van der Waals surface area contributed by atoms with Crippen molar-refractivity contribution in [3.8, 4) is 0 Å². The Labute approximate surface area is 149 Å². The highest BCUT2D eigenvalue weighted by Gasteiger charge is 2.09. The minimum atomic E-state index is -0.377. The largest absolute Gasteiger partial charge is 0.343 e. The number of rotatable bonds is 5. The molecule has 2 N–H and O–H groups in total. The van der Waals surface area contributed by atoms with Gasteiger partial charge in [0.05, 0.1) is 12.8 Å². The van der Waals surface area contributed by atoms with Crippen molar-refractivity contribution in [2.45, 2.75) is 6.92 Å². The van der Waals surface area contributed by atoms with E-state index in [1.165, 1.54) is 4.70 Å². The number of carbonyl (C=O) groups excluding carboxylic acids is 2. The summed E-state index contributed by atoms with van der Waals surface area (Å²) in [5, 5.41) is 9.64. The van der Waals surface area contributed by atoms with Crippen molar-refractivity contribution in [3.63, 3.8) is 0 Å². The van der Waals surface area contributed by atoms with E-state index >= 15 is 0 Å². The topological polar surface area (TPSA) is 70.6 Å². The molecule has 5 nitrogen and oxygen atoms in total. The number of fused-ring (bicyclic) bond motifs is 1. The van der Waals surface area contributed by atoms with E-state index in [1.54, 1.807) is 29.7 Å². The lowest BCUT2D eigenvalue weighted by molar-refractivity contribution is -0.120. The Morgan fingerprint density at radius 2 is 1.88 bits per heavy atom. The Bertz CT molecular complexity index is 947. The van der Waals surface area contributed by atoms with Crippen molar-refractivity contribution in [1.29, 1.82) is 0 Å². The van der Waals surface area contributed by atoms with Gasteiger partial charge in [-0.3, -0.25) is 9.59 Å². The first-order valence-electron chi connectivity index (χ1n) is 7.77. The van der Waals surface area contributed by atoms with Crippen LogP contribution in [0.4, 0.5) is 0 Å². The quantitative estimate of drug-likeness (QED) is 0.548. The van der Waals surface area contributed by atoms with Crippen LogP contribution in [0.1, 0.15) is 21.5 Å². The van der Waals surface area contributed by atoms with Crippen LogP contribution in [-0.2, 0) is 4.79 Å². The van der Waals surface area contributed by atoms with Gasteiger partial charge in [-0.05, 0) is 24.6 Å². The molecule has 3 aromatic rings. The van der Waals surface area contributed by atoms with Crippen molar-refractivity contribution in [3.05, 3.63) is 70.6 Å². The number of nitrogens with one attached hydrogen (secondary N) is 2. The van der Waals surface area contributed by atoms with Crippen molar-refractivity contribution in [2.75, 3.05) is 6.54 Å². The number of hydrogen-bond donors (Lipinski definition) is 2. The number of thiophene rings is 1. The van der Waals surface area contributed by atoms with E-state index in [4.69, 9.17) is 0 Å². The van der Waals surface area contributed by atoms with E-state index in [1.807, 2.05) is 48.7 Å². The maximum atomic E-state index is 12.0. The molecule has 0 saturated heterocycles. The summed E-state index contributed by atoms with van der Waals surface area (Å²) in [7, 11) is 0. The van der Waals surface area contributed by atoms with Crippen LogP contribution in [-0.4, -0.2) is 24.6 Å². The van der Waals surface area contributed by atoms with Gasteiger partial charge in [0.15, 0.2) is 0 Å². The highest BCUT2D eigenvalue weighted by molar-refractivity contribution is 7.17. The molecule has 0 fully saturated rings. The third-order valence-electron chi connectivity index (χ3n) is 3.70. The molecule has 0 aliphatic rings. The number of nitrogens with zero attached hydrogens (tertiary/aromatic N) is 1. The molecule has 0 saturated carbocycles. The average molecular weight is 351 g/mol. The van der Waals surface area contributed by atoms with Crippen LogP contribution in [0.2, 0.25) is 0 Å². The zero-order chi connectivity index (χ0) is 17.6. The second-order valence-electron chi connectivity index (χ2n) is 5.48. The molecule has 0 bridgehead atoms. The van der Waals surface area contributed by atoms with E-state index in [9.17, 15) is 9.59 Å². The minimum Gasteiger partial charge on any atom is -0.343 e. The summed E-state index contributed by atoms with van der Waals surface area (Å²) < 4.78 is 1.17. The second kappa shape index (κ2) is 7.72. The maximum absolute atomic E-state index is 12.0. The normalized spacial score (nSPS) is 10.9. The zero-order valence-corrected chi connectivity index (χ0v) is 14.5. The summed E-state index contributed by atoms with van der Waals surface area (Å²) in [5.74, 6) is -0.654. The van der Waals surface area contributed by atoms with Gasteiger partial charge in [0, 0.05) is 26.6 Å². The first kappa shape index (κ1) is 16.9. The molecular formula is C19H17N3O2S. The number of aryl methyl sites for hydroxylation is 1. The Balaban J connectivity index is 1.53. The van der Waals surface area contributed by atoms with Gasteiger partial charge in [-0.1, -0.05) is 36.4 Å². The molecule has 0 atom stereocenters. The molecule has 0 spiro atoms. The summed E-state index contributed by atoms with van der Waals surface area (Å²) in [6, 6.07) is 15.2. The molecule has 0 unspecified atom stereocenters. The predicted octanol–water partition coefficient (Wildman–Crippen LogP) is 3.09. The Morgan fingerprint density at radius 3 is 2.72 bits per heavy atom. The van der Waals surface area contributed by atoms with Gasteiger partial charge < -0.3 is 5.32 Å². The van der Waals surface area contributed by atoms with Crippen molar-refractivity contribution < 1.29 is 9.59 Å². The molecule has 2 aromatic carbocycles. The highest BCUT2D eigenvalue weighted by atomic mass is 32.1. The van der Waals surface area contributed by atoms with Gasteiger partial charge in [0.1, 0.15) is 0 Å². The smallest absolute Gasteiger partial charge is 0.259 e. The number of amides is 2. The molecule has 0 aliphatic heterocycles. The molecule has 1 aromatic heterocycles. The fraction of sp³-hybridized carbons (Fsp3) is 0.105. The Morgan fingerprint density at radius 1 is 1.12 bits per heavy atom. The van der Waals surface area contributed by atoms with Crippen molar-refractivity contribution in [1.82, 2.24) is 10.7 Å². The van der Waals surface area contributed by atoms with Crippen LogP contribution in [0.5, 0.6) is 0 Å². The standard InChI is InChI=1S/C19H17N3O2S/c1-13-6-2-3-7-15(13)19(24)20-11-18(23)22-21-10-14-12-25-17-9-5-4-8-16(14)17/h2-10,12H,11H2,1H3,(H,20,24)(H,22,23)/b21-10+. The highest BCUT2D eigenvalue weighted by Crippen LogP contribution is 2.23. The summed E-state index contributed by atoms with van der Waals surface area (Å²) in [6.07, 6.45) is 1.61. The third-order valence-corrected chi connectivity index (χ3v) is 4.68. The second-order valence-corrected chi connectivity index (χ2v) is 6.39. The van der Waals surface area contributed by atoms with Gasteiger partial charge in [0.2, 0.25) is 0 Å². The summed E-state index contributed by atoms with van der Waals surface area (Å²) in [6.45, 7) is 1.72. The predicted molar refractivity (Wildman–Crippen MR) is 101 cm³/mol. The van der Waals surface area contributed by atoms with Gasteiger partial charge in [-0.15, -0.1) is 11.3 Å². The molecular weight excluding hydrogens is 334 g/mol. The SMILES string of the molecule is Cc1ccccc1C(=O)NCC(=O)N/N=C/c1csc2ccccc12. The molecule has 3 rings (SSSR count). The fourth-order valence-electron chi connectivity index (χ4n) is 2.40. The first-order chi connectivity index (χ1) is 12.1. The molecule has 0 aliphatic carbocycles. The lowest BCUT2D eigenvalue weighted by Gasteiger charge is -2.06. The van der Waals surface area contributed by atoms with Gasteiger partial charge >= 0.3 is 0 Å². The monoisotopic (exact) mass is 351 g/mol. The molecule has 2 amide bonds. The summed E-state index contributed by atoms with van der Waals surface area (Å²) >= 11 is 1.62. The van der Waals surface area contributed by atoms with E-state index < -0.39 is 0 Å². The van der Waals surface area contributed by atoms with Gasteiger partial charge in [0.25, 0.3) is 11.8 Å². The lowest BCUT2D eigenvalue weighted by atomic mass is 10.1. The van der Waals surface area contributed by atoms with Crippen LogP contribution in [0, 0.1) is 6.92 Å². The number of benzene rings is 2. The van der Waals surface area contributed by atoms with Crippen molar-refractivity contribution in [2.24, 2.45) is 5.10 Å². The fourth-order valence-corrected chi connectivity index (χ4v) is 3.31. The number of hydrogen-bond acceptors (Lipinski definition) is 4. The first-order valence-corrected chi connectivity index (χ1v) is 8.65.